The zero-order valence-electron chi connectivity index (χ0n) is 9.20. The number of aliphatic hydroxyl groups is 1. The molecule has 0 bridgehead atoms. The first-order valence-corrected chi connectivity index (χ1v) is 5.62. The summed E-state index contributed by atoms with van der Waals surface area (Å²) in [5.41, 5.74) is 7.45. The van der Waals surface area contributed by atoms with Gasteiger partial charge in [-0.15, -0.1) is 0 Å². The van der Waals surface area contributed by atoms with Crippen LogP contribution in [0, 0.1) is 12.8 Å². The predicted molar refractivity (Wildman–Crippen MR) is 64.0 cm³/mol. The van der Waals surface area contributed by atoms with Crippen molar-refractivity contribution in [1.29, 1.82) is 0 Å². The Morgan fingerprint density at radius 2 is 2.13 bits per heavy atom. The second-order valence-corrected chi connectivity index (χ2v) is 4.21. The average Bonchev–Trinajstić information content (AvgIpc) is 2.23. The molecule has 0 saturated heterocycles. The standard InChI is InChI=1S/C12H18ClNO/c1-3-9(7-14)12(15)10-5-4-6-11(13)8(10)2/h4-6,9,12,15H,3,7,14H2,1-2H3. The molecule has 3 N–H and O–H groups in total. The van der Waals surface area contributed by atoms with E-state index >= 15 is 0 Å². The van der Waals surface area contributed by atoms with Crippen LogP contribution in [0.15, 0.2) is 18.2 Å². The molecule has 84 valence electrons. The van der Waals surface area contributed by atoms with E-state index in [2.05, 4.69) is 0 Å². The first kappa shape index (κ1) is 12.5. The lowest BCUT2D eigenvalue weighted by atomic mass is 9.91. The van der Waals surface area contributed by atoms with Crippen LogP contribution in [0.5, 0.6) is 0 Å². The highest BCUT2D eigenvalue weighted by Gasteiger charge is 2.19. The van der Waals surface area contributed by atoms with Crippen LogP contribution in [0.2, 0.25) is 5.02 Å². The van der Waals surface area contributed by atoms with Gasteiger partial charge in [-0.3, -0.25) is 0 Å². The lowest BCUT2D eigenvalue weighted by Crippen LogP contribution is -2.21. The van der Waals surface area contributed by atoms with Crippen molar-refractivity contribution >= 4 is 11.6 Å². The Labute approximate surface area is 96.1 Å². The molecule has 0 aliphatic rings. The minimum atomic E-state index is -0.515. The van der Waals surface area contributed by atoms with Crippen LogP contribution in [-0.4, -0.2) is 11.7 Å². The smallest absolute Gasteiger partial charge is 0.0833 e. The number of hydrogen-bond donors (Lipinski definition) is 2. The van der Waals surface area contributed by atoms with Gasteiger partial charge in [0.25, 0.3) is 0 Å². The van der Waals surface area contributed by atoms with Crippen molar-refractivity contribution in [3.8, 4) is 0 Å². The summed E-state index contributed by atoms with van der Waals surface area (Å²) in [4.78, 5) is 0. The van der Waals surface area contributed by atoms with Gasteiger partial charge in [-0.05, 0) is 37.1 Å². The van der Waals surface area contributed by atoms with E-state index in [4.69, 9.17) is 17.3 Å². The molecule has 0 radical (unpaired) electrons. The third-order valence-corrected chi connectivity index (χ3v) is 3.31. The molecule has 3 heteroatoms. The predicted octanol–water partition coefficient (Wildman–Crippen LogP) is 2.67. The summed E-state index contributed by atoms with van der Waals surface area (Å²) < 4.78 is 0. The maximum Gasteiger partial charge on any atom is 0.0833 e. The summed E-state index contributed by atoms with van der Waals surface area (Å²) in [5.74, 6) is 0.0992. The summed E-state index contributed by atoms with van der Waals surface area (Å²) in [5, 5.41) is 10.8. The van der Waals surface area contributed by atoms with Crippen molar-refractivity contribution in [2.45, 2.75) is 26.4 Å². The van der Waals surface area contributed by atoms with Crippen LogP contribution >= 0.6 is 11.6 Å². The lowest BCUT2D eigenvalue weighted by molar-refractivity contribution is 0.109. The zero-order valence-corrected chi connectivity index (χ0v) is 9.96. The Hall–Kier alpha value is -0.570. The maximum absolute atomic E-state index is 10.1. The van der Waals surface area contributed by atoms with Crippen LogP contribution in [0.25, 0.3) is 0 Å². The Bertz CT molecular complexity index is 323. The minimum Gasteiger partial charge on any atom is -0.388 e. The largest absolute Gasteiger partial charge is 0.388 e. The van der Waals surface area contributed by atoms with Gasteiger partial charge in [-0.1, -0.05) is 30.7 Å². The fraction of sp³-hybridized carbons (Fsp3) is 0.500. The van der Waals surface area contributed by atoms with Crippen LogP contribution in [0.3, 0.4) is 0 Å². The molecule has 2 atom stereocenters. The molecule has 0 fully saturated rings. The average molecular weight is 228 g/mol. The number of rotatable bonds is 4. The number of hydrogen-bond acceptors (Lipinski definition) is 2. The number of halogens is 1. The number of aliphatic hydroxyl groups excluding tert-OH is 1. The first-order chi connectivity index (χ1) is 7.11. The van der Waals surface area contributed by atoms with E-state index in [0.717, 1.165) is 17.5 Å². The number of benzene rings is 1. The molecule has 15 heavy (non-hydrogen) atoms. The molecule has 2 unspecified atom stereocenters. The van der Waals surface area contributed by atoms with Crippen LogP contribution < -0.4 is 5.73 Å². The second-order valence-electron chi connectivity index (χ2n) is 3.80. The molecule has 0 aliphatic carbocycles. The van der Waals surface area contributed by atoms with Crippen LogP contribution in [0.4, 0.5) is 0 Å². The van der Waals surface area contributed by atoms with Crippen molar-refractivity contribution in [3.63, 3.8) is 0 Å². The fourth-order valence-corrected chi connectivity index (χ4v) is 1.90. The highest BCUT2D eigenvalue weighted by atomic mass is 35.5. The van der Waals surface area contributed by atoms with E-state index in [1.54, 1.807) is 0 Å². The van der Waals surface area contributed by atoms with E-state index in [-0.39, 0.29) is 5.92 Å². The summed E-state index contributed by atoms with van der Waals surface area (Å²) in [6.07, 6.45) is 0.350. The molecule has 0 amide bonds. The fourth-order valence-electron chi connectivity index (χ4n) is 1.72. The van der Waals surface area contributed by atoms with Gasteiger partial charge in [-0.2, -0.15) is 0 Å². The Morgan fingerprint density at radius 3 is 2.67 bits per heavy atom. The Balaban J connectivity index is 2.99. The Kier molecular flexibility index (Phi) is 4.58. The minimum absolute atomic E-state index is 0.0992. The van der Waals surface area contributed by atoms with Gasteiger partial charge in [0, 0.05) is 10.9 Å². The van der Waals surface area contributed by atoms with Crippen molar-refractivity contribution in [2.75, 3.05) is 6.54 Å². The molecule has 0 spiro atoms. The van der Waals surface area contributed by atoms with Crippen molar-refractivity contribution in [3.05, 3.63) is 34.3 Å². The third kappa shape index (κ3) is 2.71. The maximum atomic E-state index is 10.1. The molecule has 2 nitrogen and oxygen atoms in total. The SMILES string of the molecule is CCC(CN)C(O)c1cccc(Cl)c1C. The summed E-state index contributed by atoms with van der Waals surface area (Å²) in [6, 6.07) is 5.60. The highest BCUT2D eigenvalue weighted by molar-refractivity contribution is 6.31. The van der Waals surface area contributed by atoms with E-state index in [1.165, 1.54) is 0 Å². The van der Waals surface area contributed by atoms with Gasteiger partial charge < -0.3 is 10.8 Å². The molecule has 1 aromatic rings. The van der Waals surface area contributed by atoms with E-state index < -0.39 is 6.10 Å². The quantitative estimate of drug-likeness (QED) is 0.831. The monoisotopic (exact) mass is 227 g/mol. The van der Waals surface area contributed by atoms with Crippen LogP contribution in [-0.2, 0) is 0 Å². The molecule has 1 aromatic carbocycles. The summed E-state index contributed by atoms with van der Waals surface area (Å²) >= 11 is 6.01. The molecular weight excluding hydrogens is 210 g/mol. The van der Waals surface area contributed by atoms with Gasteiger partial charge in [0.2, 0.25) is 0 Å². The van der Waals surface area contributed by atoms with E-state index in [0.29, 0.717) is 11.6 Å². The molecule has 0 saturated carbocycles. The summed E-state index contributed by atoms with van der Waals surface area (Å²) in [6.45, 7) is 4.44. The second kappa shape index (κ2) is 5.50. The van der Waals surface area contributed by atoms with Gasteiger partial charge in [0.15, 0.2) is 0 Å². The molecule has 0 aliphatic heterocycles. The van der Waals surface area contributed by atoms with Gasteiger partial charge >= 0.3 is 0 Å². The first-order valence-electron chi connectivity index (χ1n) is 5.25. The highest BCUT2D eigenvalue weighted by Crippen LogP contribution is 2.29. The molecular formula is C12H18ClNO. The molecule has 0 aromatic heterocycles. The molecule has 0 heterocycles. The van der Waals surface area contributed by atoms with Gasteiger partial charge in [0.05, 0.1) is 6.10 Å². The lowest BCUT2D eigenvalue weighted by Gasteiger charge is -2.22. The Morgan fingerprint density at radius 1 is 1.47 bits per heavy atom. The van der Waals surface area contributed by atoms with Crippen molar-refractivity contribution in [1.82, 2.24) is 0 Å². The van der Waals surface area contributed by atoms with E-state index in [1.807, 2.05) is 32.0 Å². The third-order valence-electron chi connectivity index (χ3n) is 2.90. The summed E-state index contributed by atoms with van der Waals surface area (Å²) in [7, 11) is 0. The van der Waals surface area contributed by atoms with Gasteiger partial charge in [0.1, 0.15) is 0 Å². The topological polar surface area (TPSA) is 46.2 Å². The molecule has 1 rings (SSSR count). The number of nitrogens with two attached hydrogens (primary N) is 1. The van der Waals surface area contributed by atoms with Gasteiger partial charge in [-0.25, -0.2) is 0 Å². The van der Waals surface area contributed by atoms with Crippen molar-refractivity contribution in [2.24, 2.45) is 11.7 Å². The van der Waals surface area contributed by atoms with Crippen LogP contribution in [0.1, 0.15) is 30.6 Å². The van der Waals surface area contributed by atoms with E-state index in [9.17, 15) is 5.11 Å². The zero-order chi connectivity index (χ0) is 11.4. The van der Waals surface area contributed by atoms with Crippen molar-refractivity contribution < 1.29 is 5.11 Å². The normalized spacial score (nSPS) is 15.0.